The van der Waals surface area contributed by atoms with Crippen LogP contribution in [0.15, 0.2) is 30.9 Å². The molecule has 1 atom stereocenters. The maximum atomic E-state index is 12.1. The van der Waals surface area contributed by atoms with Gasteiger partial charge in [-0.25, -0.2) is 9.67 Å². The zero-order chi connectivity index (χ0) is 14.5. The number of rotatable bonds is 5. The van der Waals surface area contributed by atoms with Crippen LogP contribution in [0.25, 0.3) is 5.69 Å². The zero-order valence-corrected chi connectivity index (χ0v) is 11.6. The lowest BCUT2D eigenvalue weighted by Gasteiger charge is -2.13. The van der Waals surface area contributed by atoms with Gasteiger partial charge in [-0.15, -0.1) is 0 Å². The van der Waals surface area contributed by atoms with Crippen molar-refractivity contribution >= 4 is 5.91 Å². The molecule has 1 heterocycles. The second-order valence-corrected chi connectivity index (χ2v) is 4.73. The molecule has 2 N–H and O–H groups in total. The number of hydrogen-bond donors (Lipinski definition) is 2. The number of carbonyl (C=O) groups is 1. The quantitative estimate of drug-likeness (QED) is 0.855. The number of nitrogens with one attached hydrogen (secondary N) is 1. The molecule has 106 valence electrons. The van der Waals surface area contributed by atoms with Crippen LogP contribution in [0, 0.1) is 6.92 Å². The number of aryl methyl sites for hydroxylation is 1. The maximum absolute atomic E-state index is 12.1. The summed E-state index contributed by atoms with van der Waals surface area (Å²) in [5.74, 6) is -0.140. The Kier molecular flexibility index (Phi) is 4.47. The molecule has 0 saturated heterocycles. The standard InChI is InChI=1S/C14H18N4O2/c1-10-7-12(14(20)17-11(2)5-6-19)3-4-13(10)18-9-15-8-16-18/h3-4,7-9,11,19H,5-6H2,1-2H3,(H,17,20). The van der Waals surface area contributed by atoms with Crippen LogP contribution < -0.4 is 5.32 Å². The van der Waals surface area contributed by atoms with Crippen molar-refractivity contribution in [3.63, 3.8) is 0 Å². The van der Waals surface area contributed by atoms with Gasteiger partial charge in [0.1, 0.15) is 12.7 Å². The molecule has 2 aromatic rings. The Labute approximate surface area is 117 Å². The Morgan fingerprint density at radius 1 is 1.50 bits per heavy atom. The summed E-state index contributed by atoms with van der Waals surface area (Å²) in [6.45, 7) is 3.85. The first-order chi connectivity index (χ1) is 9.61. The van der Waals surface area contributed by atoms with Gasteiger partial charge in [0.05, 0.1) is 5.69 Å². The third-order valence-electron chi connectivity index (χ3n) is 3.06. The topological polar surface area (TPSA) is 80.0 Å². The molecular weight excluding hydrogens is 256 g/mol. The van der Waals surface area contributed by atoms with Crippen molar-refractivity contribution in [1.29, 1.82) is 0 Å². The van der Waals surface area contributed by atoms with Crippen molar-refractivity contribution in [2.75, 3.05) is 6.61 Å². The molecule has 0 aliphatic heterocycles. The molecule has 1 amide bonds. The van der Waals surface area contributed by atoms with Crippen LogP contribution in [-0.4, -0.2) is 38.4 Å². The van der Waals surface area contributed by atoms with Crippen molar-refractivity contribution in [2.24, 2.45) is 0 Å². The lowest BCUT2D eigenvalue weighted by Crippen LogP contribution is -2.33. The summed E-state index contributed by atoms with van der Waals surface area (Å²) >= 11 is 0. The molecule has 0 fully saturated rings. The van der Waals surface area contributed by atoms with E-state index in [4.69, 9.17) is 5.11 Å². The van der Waals surface area contributed by atoms with E-state index >= 15 is 0 Å². The van der Waals surface area contributed by atoms with Gasteiger partial charge in [0.2, 0.25) is 0 Å². The van der Waals surface area contributed by atoms with Gasteiger partial charge in [0, 0.05) is 18.2 Å². The zero-order valence-electron chi connectivity index (χ0n) is 11.6. The van der Waals surface area contributed by atoms with Gasteiger partial charge in [0.15, 0.2) is 0 Å². The first-order valence-electron chi connectivity index (χ1n) is 6.49. The monoisotopic (exact) mass is 274 g/mol. The summed E-state index contributed by atoms with van der Waals surface area (Å²) in [6, 6.07) is 5.36. The van der Waals surface area contributed by atoms with Crippen LogP contribution in [0.5, 0.6) is 0 Å². The number of nitrogens with zero attached hydrogens (tertiary/aromatic N) is 3. The van der Waals surface area contributed by atoms with Gasteiger partial charge in [-0.3, -0.25) is 4.79 Å². The molecule has 0 saturated carbocycles. The van der Waals surface area contributed by atoms with Gasteiger partial charge < -0.3 is 10.4 Å². The fourth-order valence-corrected chi connectivity index (χ4v) is 1.96. The lowest BCUT2D eigenvalue weighted by molar-refractivity contribution is 0.0934. The molecule has 1 unspecified atom stereocenters. The van der Waals surface area contributed by atoms with E-state index in [1.54, 1.807) is 17.1 Å². The predicted molar refractivity (Wildman–Crippen MR) is 74.7 cm³/mol. The van der Waals surface area contributed by atoms with E-state index in [-0.39, 0.29) is 18.6 Å². The van der Waals surface area contributed by atoms with Gasteiger partial charge in [0.25, 0.3) is 5.91 Å². The number of aliphatic hydroxyl groups is 1. The first-order valence-corrected chi connectivity index (χ1v) is 6.49. The second-order valence-electron chi connectivity index (χ2n) is 4.73. The highest BCUT2D eigenvalue weighted by Crippen LogP contribution is 2.14. The van der Waals surface area contributed by atoms with Gasteiger partial charge in [-0.1, -0.05) is 0 Å². The van der Waals surface area contributed by atoms with Crippen LogP contribution in [0.2, 0.25) is 0 Å². The number of benzene rings is 1. The van der Waals surface area contributed by atoms with Crippen LogP contribution in [-0.2, 0) is 0 Å². The van der Waals surface area contributed by atoms with Gasteiger partial charge >= 0.3 is 0 Å². The number of amides is 1. The molecule has 1 aromatic carbocycles. The van der Waals surface area contributed by atoms with E-state index in [1.165, 1.54) is 6.33 Å². The maximum Gasteiger partial charge on any atom is 0.251 e. The van der Waals surface area contributed by atoms with Crippen molar-refractivity contribution in [2.45, 2.75) is 26.3 Å². The Bertz CT molecular complexity index is 581. The van der Waals surface area contributed by atoms with E-state index < -0.39 is 0 Å². The van der Waals surface area contributed by atoms with Crippen LogP contribution in [0.1, 0.15) is 29.3 Å². The minimum atomic E-state index is -0.140. The van der Waals surface area contributed by atoms with Crippen molar-refractivity contribution in [3.05, 3.63) is 42.0 Å². The molecular formula is C14H18N4O2. The molecule has 1 aromatic heterocycles. The van der Waals surface area contributed by atoms with Crippen LogP contribution >= 0.6 is 0 Å². The average molecular weight is 274 g/mol. The van der Waals surface area contributed by atoms with Gasteiger partial charge in [-0.05, 0) is 44.0 Å². The van der Waals surface area contributed by atoms with E-state index in [1.807, 2.05) is 26.0 Å². The van der Waals surface area contributed by atoms with Crippen molar-refractivity contribution in [1.82, 2.24) is 20.1 Å². The third-order valence-corrected chi connectivity index (χ3v) is 3.06. The van der Waals surface area contributed by atoms with Crippen LogP contribution in [0.4, 0.5) is 0 Å². The Morgan fingerprint density at radius 2 is 2.30 bits per heavy atom. The summed E-state index contributed by atoms with van der Waals surface area (Å²) < 4.78 is 1.66. The molecule has 0 aliphatic rings. The van der Waals surface area contributed by atoms with E-state index in [0.717, 1.165) is 11.3 Å². The van der Waals surface area contributed by atoms with E-state index in [9.17, 15) is 4.79 Å². The van der Waals surface area contributed by atoms with Gasteiger partial charge in [-0.2, -0.15) is 5.10 Å². The summed E-state index contributed by atoms with van der Waals surface area (Å²) in [7, 11) is 0. The van der Waals surface area contributed by atoms with E-state index in [0.29, 0.717) is 12.0 Å². The fraction of sp³-hybridized carbons (Fsp3) is 0.357. The highest BCUT2D eigenvalue weighted by molar-refractivity contribution is 5.94. The third kappa shape index (κ3) is 3.21. The van der Waals surface area contributed by atoms with Crippen molar-refractivity contribution in [3.8, 4) is 5.69 Å². The number of aliphatic hydroxyl groups excluding tert-OH is 1. The summed E-state index contributed by atoms with van der Waals surface area (Å²) in [6.07, 6.45) is 3.63. The summed E-state index contributed by atoms with van der Waals surface area (Å²) in [5, 5.41) is 15.8. The smallest absolute Gasteiger partial charge is 0.251 e. The summed E-state index contributed by atoms with van der Waals surface area (Å²) in [4.78, 5) is 16.0. The molecule has 0 spiro atoms. The molecule has 0 radical (unpaired) electrons. The average Bonchev–Trinajstić information content (AvgIpc) is 2.92. The molecule has 6 nitrogen and oxygen atoms in total. The van der Waals surface area contributed by atoms with Crippen LogP contribution in [0.3, 0.4) is 0 Å². The Morgan fingerprint density at radius 3 is 2.90 bits per heavy atom. The predicted octanol–water partition coefficient (Wildman–Crippen LogP) is 1.08. The largest absolute Gasteiger partial charge is 0.396 e. The highest BCUT2D eigenvalue weighted by Gasteiger charge is 2.11. The van der Waals surface area contributed by atoms with Crippen molar-refractivity contribution < 1.29 is 9.90 Å². The van der Waals surface area contributed by atoms with E-state index in [2.05, 4.69) is 15.4 Å². The lowest BCUT2D eigenvalue weighted by atomic mass is 10.1. The minimum absolute atomic E-state index is 0.0530. The molecule has 20 heavy (non-hydrogen) atoms. The number of carbonyl (C=O) groups excluding carboxylic acids is 1. The fourth-order valence-electron chi connectivity index (χ4n) is 1.96. The molecule has 6 heteroatoms. The number of hydrogen-bond acceptors (Lipinski definition) is 4. The highest BCUT2D eigenvalue weighted by atomic mass is 16.3. The molecule has 0 bridgehead atoms. The first kappa shape index (κ1) is 14.2. The normalized spacial score (nSPS) is 12.2. The molecule has 2 rings (SSSR count). The SMILES string of the molecule is Cc1cc(C(=O)NC(C)CCO)ccc1-n1cncn1. The summed E-state index contributed by atoms with van der Waals surface area (Å²) in [5.41, 5.74) is 2.43. The minimum Gasteiger partial charge on any atom is -0.396 e. The second kappa shape index (κ2) is 6.29. The Balaban J connectivity index is 2.15. The molecule has 0 aliphatic carbocycles. The number of aromatic nitrogens is 3. The Hall–Kier alpha value is -2.21.